The number of benzene rings is 2. The lowest BCUT2D eigenvalue weighted by atomic mass is 10.2. The first-order valence-electron chi connectivity index (χ1n) is 9.01. The standard InChI is InChI=1S/C20H18ClN3O3S2/c21-16-6-8-17(9-7-16)29(26,27)24-12-10-23(11-13-24)20(25)18-14-28-19(22-18)15-4-2-1-3-5-15/h1-9,14H,10-13H2. The van der Waals surface area contributed by atoms with Crippen LogP contribution in [-0.4, -0.2) is 54.7 Å². The van der Waals surface area contributed by atoms with E-state index >= 15 is 0 Å². The van der Waals surface area contributed by atoms with Gasteiger partial charge in [0, 0.05) is 42.1 Å². The molecule has 2 heterocycles. The van der Waals surface area contributed by atoms with Crippen LogP contribution in [0.4, 0.5) is 0 Å². The summed E-state index contributed by atoms with van der Waals surface area (Å²) in [6.07, 6.45) is 0. The molecular weight excluding hydrogens is 430 g/mol. The Hall–Kier alpha value is -2.26. The molecule has 4 rings (SSSR count). The maximum atomic E-state index is 12.8. The van der Waals surface area contributed by atoms with E-state index in [2.05, 4.69) is 4.98 Å². The molecule has 150 valence electrons. The number of thiazole rings is 1. The highest BCUT2D eigenvalue weighted by Crippen LogP contribution is 2.25. The number of nitrogens with zero attached hydrogens (tertiary/aromatic N) is 3. The Morgan fingerprint density at radius 3 is 2.28 bits per heavy atom. The van der Waals surface area contributed by atoms with Gasteiger partial charge in [0.15, 0.2) is 0 Å². The number of carbonyl (C=O) groups is 1. The summed E-state index contributed by atoms with van der Waals surface area (Å²) in [5.74, 6) is -0.174. The SMILES string of the molecule is O=C(c1csc(-c2ccccc2)n1)N1CCN(S(=O)(=O)c2ccc(Cl)cc2)CC1. The molecule has 9 heteroatoms. The molecular formula is C20H18ClN3O3S2. The number of carbonyl (C=O) groups excluding carboxylic acids is 1. The number of amides is 1. The highest BCUT2D eigenvalue weighted by Gasteiger charge is 2.31. The van der Waals surface area contributed by atoms with E-state index in [0.717, 1.165) is 10.6 Å². The highest BCUT2D eigenvalue weighted by atomic mass is 35.5. The van der Waals surface area contributed by atoms with Gasteiger partial charge in [0.2, 0.25) is 10.0 Å². The molecule has 1 fully saturated rings. The van der Waals surface area contributed by atoms with Crippen molar-refractivity contribution in [3.63, 3.8) is 0 Å². The van der Waals surface area contributed by atoms with E-state index < -0.39 is 10.0 Å². The molecule has 2 aromatic carbocycles. The van der Waals surface area contributed by atoms with Gasteiger partial charge in [-0.15, -0.1) is 11.3 Å². The summed E-state index contributed by atoms with van der Waals surface area (Å²) in [4.78, 5) is 19.1. The zero-order valence-corrected chi connectivity index (χ0v) is 17.8. The van der Waals surface area contributed by atoms with E-state index in [9.17, 15) is 13.2 Å². The van der Waals surface area contributed by atoms with E-state index in [1.807, 2.05) is 30.3 Å². The van der Waals surface area contributed by atoms with Gasteiger partial charge in [-0.25, -0.2) is 13.4 Å². The van der Waals surface area contributed by atoms with Crippen molar-refractivity contribution in [1.82, 2.24) is 14.2 Å². The van der Waals surface area contributed by atoms with Crippen molar-refractivity contribution in [3.05, 3.63) is 70.7 Å². The van der Waals surface area contributed by atoms with Crippen LogP contribution < -0.4 is 0 Å². The summed E-state index contributed by atoms with van der Waals surface area (Å²) < 4.78 is 26.9. The molecule has 3 aromatic rings. The molecule has 0 saturated carbocycles. The van der Waals surface area contributed by atoms with Crippen molar-refractivity contribution in [1.29, 1.82) is 0 Å². The average molecular weight is 448 g/mol. The van der Waals surface area contributed by atoms with Crippen LogP contribution in [0.25, 0.3) is 10.6 Å². The number of hydrogen-bond acceptors (Lipinski definition) is 5. The Labute approximate surface area is 178 Å². The smallest absolute Gasteiger partial charge is 0.273 e. The molecule has 0 N–H and O–H groups in total. The van der Waals surface area contributed by atoms with Crippen molar-refractivity contribution in [3.8, 4) is 10.6 Å². The van der Waals surface area contributed by atoms with E-state index in [1.54, 1.807) is 22.4 Å². The number of aromatic nitrogens is 1. The van der Waals surface area contributed by atoms with Crippen LogP contribution in [0, 0.1) is 0 Å². The molecule has 0 atom stereocenters. The van der Waals surface area contributed by atoms with Crippen LogP contribution in [0.15, 0.2) is 64.9 Å². The lowest BCUT2D eigenvalue weighted by Gasteiger charge is -2.33. The van der Waals surface area contributed by atoms with Gasteiger partial charge in [0.05, 0.1) is 4.90 Å². The summed E-state index contributed by atoms with van der Waals surface area (Å²) in [5.41, 5.74) is 1.36. The van der Waals surface area contributed by atoms with Crippen LogP contribution in [0.3, 0.4) is 0 Å². The first-order valence-corrected chi connectivity index (χ1v) is 11.7. The number of halogens is 1. The molecule has 0 aliphatic carbocycles. The van der Waals surface area contributed by atoms with Gasteiger partial charge in [0.1, 0.15) is 10.7 Å². The highest BCUT2D eigenvalue weighted by molar-refractivity contribution is 7.89. The van der Waals surface area contributed by atoms with E-state index in [1.165, 1.54) is 27.8 Å². The molecule has 0 unspecified atom stereocenters. The fourth-order valence-electron chi connectivity index (χ4n) is 3.13. The van der Waals surface area contributed by atoms with Crippen molar-refractivity contribution in [2.24, 2.45) is 0 Å². The summed E-state index contributed by atoms with van der Waals surface area (Å²) in [6.45, 7) is 1.13. The fourth-order valence-corrected chi connectivity index (χ4v) is 5.48. The zero-order chi connectivity index (χ0) is 20.4. The second-order valence-electron chi connectivity index (χ2n) is 6.55. The molecule has 0 radical (unpaired) electrons. The van der Waals surface area contributed by atoms with Crippen LogP contribution in [0.2, 0.25) is 5.02 Å². The molecule has 1 saturated heterocycles. The van der Waals surface area contributed by atoms with Crippen LogP contribution in [0.1, 0.15) is 10.5 Å². The Morgan fingerprint density at radius 2 is 1.62 bits per heavy atom. The summed E-state index contributed by atoms with van der Waals surface area (Å²) in [6, 6.07) is 15.8. The lowest BCUT2D eigenvalue weighted by Crippen LogP contribution is -2.50. The van der Waals surface area contributed by atoms with Gasteiger partial charge in [-0.1, -0.05) is 41.9 Å². The Balaban J connectivity index is 1.42. The topological polar surface area (TPSA) is 70.6 Å². The van der Waals surface area contributed by atoms with E-state index in [0.29, 0.717) is 23.8 Å². The Kier molecular flexibility index (Phi) is 5.69. The van der Waals surface area contributed by atoms with Gasteiger partial charge in [-0.3, -0.25) is 4.79 Å². The Morgan fingerprint density at radius 1 is 0.966 bits per heavy atom. The second kappa shape index (κ2) is 8.23. The third-order valence-electron chi connectivity index (χ3n) is 4.72. The van der Waals surface area contributed by atoms with Crippen LogP contribution in [0.5, 0.6) is 0 Å². The maximum absolute atomic E-state index is 12.8. The van der Waals surface area contributed by atoms with Crippen molar-refractivity contribution in [2.45, 2.75) is 4.90 Å². The number of sulfonamides is 1. The van der Waals surface area contributed by atoms with Crippen molar-refractivity contribution >= 4 is 38.9 Å². The predicted molar refractivity (Wildman–Crippen MR) is 114 cm³/mol. The molecule has 6 nitrogen and oxygen atoms in total. The van der Waals surface area contributed by atoms with Gasteiger partial charge in [-0.2, -0.15) is 4.31 Å². The first kappa shape index (κ1) is 20.0. The zero-order valence-electron chi connectivity index (χ0n) is 15.4. The van der Waals surface area contributed by atoms with Gasteiger partial charge < -0.3 is 4.90 Å². The minimum Gasteiger partial charge on any atom is -0.335 e. The van der Waals surface area contributed by atoms with E-state index in [4.69, 9.17) is 11.6 Å². The van der Waals surface area contributed by atoms with Crippen LogP contribution >= 0.6 is 22.9 Å². The number of piperazine rings is 1. The number of hydrogen-bond donors (Lipinski definition) is 0. The monoisotopic (exact) mass is 447 g/mol. The molecule has 1 aliphatic rings. The van der Waals surface area contributed by atoms with E-state index in [-0.39, 0.29) is 23.9 Å². The fraction of sp³-hybridized carbons (Fsp3) is 0.200. The van der Waals surface area contributed by atoms with Crippen molar-refractivity contribution < 1.29 is 13.2 Å². The average Bonchev–Trinajstić information content (AvgIpc) is 3.24. The van der Waals surface area contributed by atoms with Crippen LogP contribution in [-0.2, 0) is 10.0 Å². The van der Waals surface area contributed by atoms with Gasteiger partial charge in [-0.05, 0) is 24.3 Å². The molecule has 29 heavy (non-hydrogen) atoms. The second-order valence-corrected chi connectivity index (χ2v) is 9.79. The largest absolute Gasteiger partial charge is 0.335 e. The minimum atomic E-state index is -3.60. The molecule has 0 bridgehead atoms. The Bertz CT molecular complexity index is 1110. The lowest BCUT2D eigenvalue weighted by molar-refractivity contribution is 0.0693. The minimum absolute atomic E-state index is 0.174. The van der Waals surface area contributed by atoms with Gasteiger partial charge >= 0.3 is 0 Å². The quantitative estimate of drug-likeness (QED) is 0.612. The molecule has 1 aliphatic heterocycles. The molecule has 0 spiro atoms. The normalized spacial score (nSPS) is 15.4. The summed E-state index contributed by atoms with van der Waals surface area (Å²) in [7, 11) is -3.60. The first-order chi connectivity index (χ1) is 13.9. The van der Waals surface area contributed by atoms with Gasteiger partial charge in [0.25, 0.3) is 5.91 Å². The van der Waals surface area contributed by atoms with Crippen molar-refractivity contribution in [2.75, 3.05) is 26.2 Å². The molecule has 1 aromatic heterocycles. The predicted octanol–water partition coefficient (Wildman–Crippen LogP) is 3.61. The third-order valence-corrected chi connectivity index (χ3v) is 7.78. The maximum Gasteiger partial charge on any atom is 0.273 e. The number of rotatable bonds is 4. The molecule has 1 amide bonds. The summed E-state index contributed by atoms with van der Waals surface area (Å²) >= 11 is 7.27. The third kappa shape index (κ3) is 4.20. The summed E-state index contributed by atoms with van der Waals surface area (Å²) in [5, 5.41) is 3.03.